The molecular weight excluding hydrogens is 490 g/mol. The normalized spacial score (nSPS) is 12.9. The first-order chi connectivity index (χ1) is 17.5. The lowest BCUT2D eigenvalue weighted by atomic mass is 10.0. The van der Waals surface area contributed by atoms with Crippen LogP contribution in [0, 0.1) is 0 Å². The number of thiol groups is 1. The van der Waals surface area contributed by atoms with Crippen LogP contribution >= 0.6 is 12.6 Å². The SMILES string of the molecule is CCCCCCCN(C(=O)C(CS)NC(=O)OC(C)(C)C)C(C(=O)NCCCCC)c1cccc(O)c1. The van der Waals surface area contributed by atoms with E-state index < -0.39 is 29.7 Å². The highest BCUT2D eigenvalue weighted by molar-refractivity contribution is 7.80. The quantitative estimate of drug-likeness (QED) is 0.168. The number of hydrogen-bond donors (Lipinski definition) is 4. The number of carbonyl (C=O) groups excluding carboxylic acids is 3. The number of ether oxygens (including phenoxy) is 1. The van der Waals surface area contributed by atoms with E-state index in [1.54, 1.807) is 32.9 Å². The molecule has 0 aliphatic heterocycles. The molecule has 2 unspecified atom stereocenters. The summed E-state index contributed by atoms with van der Waals surface area (Å²) in [7, 11) is 0. The van der Waals surface area contributed by atoms with Gasteiger partial charge in [0.2, 0.25) is 11.8 Å². The molecule has 9 heteroatoms. The third-order valence-corrected chi connectivity index (χ3v) is 6.15. The zero-order valence-electron chi connectivity index (χ0n) is 23.2. The number of alkyl carbamates (subject to hydrolysis) is 1. The van der Waals surface area contributed by atoms with E-state index >= 15 is 0 Å². The lowest BCUT2D eigenvalue weighted by Crippen LogP contribution is -2.54. The summed E-state index contributed by atoms with van der Waals surface area (Å²) in [4.78, 5) is 41.3. The highest BCUT2D eigenvalue weighted by Gasteiger charge is 2.35. The predicted molar refractivity (Wildman–Crippen MR) is 151 cm³/mol. The summed E-state index contributed by atoms with van der Waals surface area (Å²) < 4.78 is 5.34. The molecule has 8 nitrogen and oxygen atoms in total. The molecule has 0 aliphatic carbocycles. The maximum atomic E-state index is 13.8. The molecule has 0 spiro atoms. The first kappa shape index (κ1) is 32.6. The van der Waals surface area contributed by atoms with Crippen LogP contribution in [0.3, 0.4) is 0 Å². The minimum Gasteiger partial charge on any atom is -0.508 e. The number of phenols is 1. The van der Waals surface area contributed by atoms with Crippen LogP contribution in [0.1, 0.15) is 97.6 Å². The highest BCUT2D eigenvalue weighted by Crippen LogP contribution is 2.26. The van der Waals surface area contributed by atoms with Gasteiger partial charge in [0.25, 0.3) is 0 Å². The minimum absolute atomic E-state index is 0.00857. The van der Waals surface area contributed by atoms with Gasteiger partial charge in [0.15, 0.2) is 0 Å². The Balaban J connectivity index is 3.30. The molecule has 3 amide bonds. The fourth-order valence-corrected chi connectivity index (χ4v) is 4.19. The predicted octanol–water partition coefficient (Wildman–Crippen LogP) is 5.36. The number of aromatic hydroxyl groups is 1. The van der Waals surface area contributed by atoms with Gasteiger partial charge in [-0.2, -0.15) is 12.6 Å². The van der Waals surface area contributed by atoms with E-state index in [0.29, 0.717) is 25.1 Å². The van der Waals surface area contributed by atoms with Crippen LogP contribution in [0.15, 0.2) is 24.3 Å². The van der Waals surface area contributed by atoms with Crippen molar-refractivity contribution in [2.75, 3.05) is 18.8 Å². The molecule has 2 atom stereocenters. The molecule has 0 aliphatic rings. The van der Waals surface area contributed by atoms with Gasteiger partial charge >= 0.3 is 6.09 Å². The maximum absolute atomic E-state index is 13.8. The van der Waals surface area contributed by atoms with Crippen molar-refractivity contribution >= 4 is 30.5 Å². The second-order valence-electron chi connectivity index (χ2n) is 10.3. The molecule has 1 aromatic rings. The summed E-state index contributed by atoms with van der Waals surface area (Å²) in [5.74, 6) is -0.698. The third kappa shape index (κ3) is 12.6. The smallest absolute Gasteiger partial charge is 0.408 e. The average molecular weight is 538 g/mol. The molecule has 210 valence electrons. The van der Waals surface area contributed by atoms with Crippen molar-refractivity contribution in [2.24, 2.45) is 0 Å². The minimum atomic E-state index is -0.985. The van der Waals surface area contributed by atoms with E-state index in [1.165, 1.54) is 17.0 Å². The van der Waals surface area contributed by atoms with Gasteiger partial charge in [-0.3, -0.25) is 9.59 Å². The van der Waals surface area contributed by atoms with Gasteiger partial charge in [0.05, 0.1) is 0 Å². The van der Waals surface area contributed by atoms with Crippen molar-refractivity contribution < 1.29 is 24.2 Å². The van der Waals surface area contributed by atoms with Gasteiger partial charge in [0, 0.05) is 18.8 Å². The number of carbonyl (C=O) groups is 3. The zero-order chi connectivity index (χ0) is 27.8. The largest absolute Gasteiger partial charge is 0.508 e. The van der Waals surface area contributed by atoms with E-state index in [0.717, 1.165) is 44.9 Å². The number of nitrogens with one attached hydrogen (secondary N) is 2. The Hall–Kier alpha value is -2.42. The molecule has 0 aromatic heterocycles. The van der Waals surface area contributed by atoms with Crippen LogP contribution in [0.4, 0.5) is 4.79 Å². The first-order valence-corrected chi connectivity index (χ1v) is 14.1. The fourth-order valence-electron chi connectivity index (χ4n) is 3.94. The van der Waals surface area contributed by atoms with Crippen molar-refractivity contribution in [3.05, 3.63) is 29.8 Å². The number of rotatable bonds is 16. The van der Waals surface area contributed by atoms with E-state index in [9.17, 15) is 19.5 Å². The Kier molecular flexibility index (Phi) is 15.1. The van der Waals surface area contributed by atoms with E-state index in [1.807, 2.05) is 0 Å². The van der Waals surface area contributed by atoms with Crippen LogP contribution in [0.2, 0.25) is 0 Å². The Morgan fingerprint density at radius 3 is 2.27 bits per heavy atom. The Morgan fingerprint density at radius 2 is 1.68 bits per heavy atom. The van der Waals surface area contributed by atoms with Crippen LogP contribution in [0.5, 0.6) is 5.75 Å². The van der Waals surface area contributed by atoms with Crippen LogP contribution in [-0.4, -0.2) is 58.4 Å². The fraction of sp³-hybridized carbons (Fsp3) is 0.679. The van der Waals surface area contributed by atoms with E-state index in [2.05, 4.69) is 37.1 Å². The standard InChI is InChI=1S/C28H47N3O5S/c1-6-8-10-11-13-18-31(26(34)23(20-37)30-27(35)36-28(3,4)5)24(21-15-14-16-22(32)19-21)25(33)29-17-12-9-7-2/h14-16,19,23-24,32,37H,6-13,17-18,20H2,1-5H3,(H,29,33)(H,30,35). The second kappa shape index (κ2) is 17.2. The van der Waals surface area contributed by atoms with E-state index in [-0.39, 0.29) is 17.4 Å². The second-order valence-corrected chi connectivity index (χ2v) is 10.7. The zero-order valence-corrected chi connectivity index (χ0v) is 24.1. The molecule has 0 fully saturated rings. The van der Waals surface area contributed by atoms with Gasteiger partial charge in [-0.1, -0.05) is 64.5 Å². The number of unbranched alkanes of at least 4 members (excludes halogenated alkanes) is 6. The van der Waals surface area contributed by atoms with Gasteiger partial charge in [-0.25, -0.2) is 4.79 Å². The molecule has 0 radical (unpaired) electrons. The molecule has 0 heterocycles. The number of nitrogens with zero attached hydrogens (tertiary/aromatic N) is 1. The van der Waals surface area contributed by atoms with Gasteiger partial charge in [-0.05, 0) is 51.3 Å². The maximum Gasteiger partial charge on any atom is 0.408 e. The van der Waals surface area contributed by atoms with Crippen LogP contribution in [-0.2, 0) is 14.3 Å². The van der Waals surface area contributed by atoms with Crippen LogP contribution in [0.25, 0.3) is 0 Å². The summed E-state index contributed by atoms with van der Waals surface area (Å²) >= 11 is 4.32. The van der Waals surface area contributed by atoms with Gasteiger partial charge in [0.1, 0.15) is 23.4 Å². The van der Waals surface area contributed by atoms with Gasteiger partial charge < -0.3 is 25.4 Å². The van der Waals surface area contributed by atoms with Crippen LogP contribution < -0.4 is 10.6 Å². The summed E-state index contributed by atoms with van der Waals surface area (Å²) in [6.07, 6.45) is 6.96. The molecule has 0 saturated carbocycles. The number of phenolic OH excluding ortho intramolecular Hbond substituents is 1. The highest BCUT2D eigenvalue weighted by atomic mass is 32.1. The van der Waals surface area contributed by atoms with Crippen molar-refractivity contribution in [3.63, 3.8) is 0 Å². The molecule has 3 N–H and O–H groups in total. The Morgan fingerprint density at radius 1 is 1.03 bits per heavy atom. The van der Waals surface area contributed by atoms with Gasteiger partial charge in [-0.15, -0.1) is 0 Å². The molecule has 1 rings (SSSR count). The van der Waals surface area contributed by atoms with Crippen molar-refractivity contribution in [1.29, 1.82) is 0 Å². The van der Waals surface area contributed by atoms with Crippen molar-refractivity contribution in [2.45, 2.75) is 104 Å². The summed E-state index contributed by atoms with van der Waals surface area (Å²) in [5, 5.41) is 15.7. The Bertz CT molecular complexity index is 843. The topological polar surface area (TPSA) is 108 Å². The van der Waals surface area contributed by atoms with E-state index in [4.69, 9.17) is 4.74 Å². The van der Waals surface area contributed by atoms with Crippen molar-refractivity contribution in [3.8, 4) is 5.75 Å². The van der Waals surface area contributed by atoms with Crippen molar-refractivity contribution in [1.82, 2.24) is 15.5 Å². The lowest BCUT2D eigenvalue weighted by molar-refractivity contribution is -0.142. The number of hydrogen-bond acceptors (Lipinski definition) is 6. The lowest BCUT2D eigenvalue weighted by Gasteiger charge is -2.34. The summed E-state index contributed by atoms with van der Waals surface area (Å²) in [6, 6.07) is 4.46. The molecule has 1 aromatic carbocycles. The summed E-state index contributed by atoms with van der Waals surface area (Å²) in [5.41, 5.74) is -0.222. The molecule has 0 bridgehead atoms. The number of benzene rings is 1. The molecule has 0 saturated heterocycles. The Labute approximate surface area is 228 Å². The molecular formula is C28H47N3O5S. The first-order valence-electron chi connectivity index (χ1n) is 13.5. The monoisotopic (exact) mass is 537 g/mol. The summed E-state index contributed by atoms with van der Waals surface area (Å²) in [6.45, 7) is 10.3. The molecule has 37 heavy (non-hydrogen) atoms. The number of amides is 3. The third-order valence-electron chi connectivity index (χ3n) is 5.78. The average Bonchev–Trinajstić information content (AvgIpc) is 2.82.